The van der Waals surface area contributed by atoms with Gasteiger partial charge in [-0.25, -0.2) is 4.79 Å². The van der Waals surface area contributed by atoms with E-state index in [9.17, 15) is 4.79 Å². The molecule has 0 atom stereocenters. The van der Waals surface area contributed by atoms with Gasteiger partial charge in [0.2, 0.25) is 0 Å². The smallest absolute Gasteiger partial charge is 0.329 e. The van der Waals surface area contributed by atoms with Gasteiger partial charge >= 0.3 is 5.69 Å². The van der Waals surface area contributed by atoms with E-state index in [4.69, 9.17) is 4.74 Å². The van der Waals surface area contributed by atoms with Gasteiger partial charge in [-0.3, -0.25) is 9.13 Å². The summed E-state index contributed by atoms with van der Waals surface area (Å²) in [5, 5.41) is 3.72. The minimum atomic E-state index is 0.134. The van der Waals surface area contributed by atoms with Crippen LogP contribution >= 0.6 is 0 Å². The van der Waals surface area contributed by atoms with Gasteiger partial charge in [0, 0.05) is 25.2 Å². The lowest BCUT2D eigenvalue weighted by Gasteiger charge is -2.30. The third kappa shape index (κ3) is 4.80. The third-order valence-electron chi connectivity index (χ3n) is 7.01. The number of para-hydroxylation sites is 2. The zero-order valence-electron chi connectivity index (χ0n) is 19.8. The number of imidazole rings is 1. The fraction of sp³-hybridized carbons (Fsp3) is 0.345. The van der Waals surface area contributed by atoms with E-state index in [0.717, 1.165) is 49.0 Å². The molecule has 0 saturated heterocycles. The Morgan fingerprint density at radius 2 is 1.50 bits per heavy atom. The molecule has 1 heterocycles. The standard InChI is InChI=1S/C29H33N3O2/c1-2-31-27-10-6-7-11-28(27)32(29(31)33)25-16-14-24(15-17-25)30-20-22-12-18-26(19-13-22)34-21-23-8-4-3-5-9-23/h3-13,18-19,24-25,30H,2,14-17,20-21H2,1H3. The molecule has 0 aliphatic heterocycles. The van der Waals surface area contributed by atoms with Crippen LogP contribution in [0, 0.1) is 0 Å². The van der Waals surface area contributed by atoms with Crippen molar-refractivity contribution in [3.05, 3.63) is 100 Å². The van der Waals surface area contributed by atoms with E-state index in [2.05, 4.69) is 41.7 Å². The third-order valence-corrected chi connectivity index (χ3v) is 7.01. The second kappa shape index (κ2) is 10.3. The minimum absolute atomic E-state index is 0.134. The van der Waals surface area contributed by atoms with E-state index in [1.54, 1.807) is 0 Å². The van der Waals surface area contributed by atoms with Gasteiger partial charge in [0.25, 0.3) is 0 Å². The van der Waals surface area contributed by atoms with Gasteiger partial charge in [0.1, 0.15) is 12.4 Å². The molecule has 0 bridgehead atoms. The molecule has 5 heteroatoms. The van der Waals surface area contributed by atoms with Gasteiger partial charge in [-0.1, -0.05) is 54.6 Å². The number of fused-ring (bicyclic) bond motifs is 1. The zero-order valence-corrected chi connectivity index (χ0v) is 19.8. The molecule has 3 aromatic carbocycles. The molecule has 176 valence electrons. The fourth-order valence-corrected chi connectivity index (χ4v) is 5.14. The number of rotatable bonds is 8. The topological polar surface area (TPSA) is 48.2 Å². The minimum Gasteiger partial charge on any atom is -0.489 e. The Morgan fingerprint density at radius 1 is 0.824 bits per heavy atom. The first-order valence-corrected chi connectivity index (χ1v) is 12.4. The summed E-state index contributed by atoms with van der Waals surface area (Å²) in [6.45, 7) is 4.19. The number of nitrogens with zero attached hydrogens (tertiary/aromatic N) is 2. The van der Waals surface area contributed by atoms with Crippen LogP contribution in [0.2, 0.25) is 0 Å². The number of nitrogens with one attached hydrogen (secondary N) is 1. The normalized spacial score (nSPS) is 18.3. The van der Waals surface area contributed by atoms with Crippen molar-refractivity contribution in [3.8, 4) is 5.75 Å². The first-order chi connectivity index (χ1) is 16.7. The molecule has 1 fully saturated rings. The molecule has 0 unspecified atom stereocenters. The Labute approximate surface area is 201 Å². The first-order valence-electron chi connectivity index (χ1n) is 12.4. The van der Waals surface area contributed by atoms with E-state index in [1.807, 2.05) is 58.5 Å². The molecule has 1 aliphatic carbocycles. The van der Waals surface area contributed by atoms with Crippen molar-refractivity contribution >= 4 is 11.0 Å². The second-order valence-corrected chi connectivity index (χ2v) is 9.19. The molecule has 1 saturated carbocycles. The maximum atomic E-state index is 13.1. The SMILES string of the molecule is CCn1c(=O)n(C2CCC(NCc3ccc(OCc4ccccc4)cc3)CC2)c2ccccc21. The Kier molecular flexibility index (Phi) is 6.82. The van der Waals surface area contributed by atoms with Crippen LogP contribution in [0.4, 0.5) is 0 Å². The summed E-state index contributed by atoms with van der Waals surface area (Å²) in [7, 11) is 0. The van der Waals surface area contributed by atoms with Crippen LogP contribution < -0.4 is 15.7 Å². The van der Waals surface area contributed by atoms with Gasteiger partial charge in [-0.05, 0) is 68.0 Å². The first kappa shape index (κ1) is 22.5. The molecule has 5 rings (SSSR count). The predicted octanol–water partition coefficient (Wildman–Crippen LogP) is 5.68. The van der Waals surface area contributed by atoms with E-state index < -0.39 is 0 Å². The Morgan fingerprint density at radius 3 is 2.21 bits per heavy atom. The molecular formula is C29H33N3O2. The monoisotopic (exact) mass is 455 g/mol. The van der Waals surface area contributed by atoms with Gasteiger partial charge < -0.3 is 10.1 Å². The van der Waals surface area contributed by atoms with Crippen molar-refractivity contribution < 1.29 is 4.74 Å². The number of aryl methyl sites for hydroxylation is 1. The van der Waals surface area contributed by atoms with Crippen molar-refractivity contribution in [1.29, 1.82) is 0 Å². The Balaban J connectivity index is 1.14. The number of aromatic nitrogens is 2. The highest BCUT2D eigenvalue weighted by atomic mass is 16.5. The largest absolute Gasteiger partial charge is 0.489 e. The number of hydrogen-bond acceptors (Lipinski definition) is 3. The van der Waals surface area contributed by atoms with Crippen LogP contribution in [0.1, 0.15) is 49.8 Å². The van der Waals surface area contributed by atoms with Crippen LogP contribution in [0.5, 0.6) is 5.75 Å². The molecule has 34 heavy (non-hydrogen) atoms. The van der Waals surface area contributed by atoms with Crippen molar-refractivity contribution in [2.45, 2.75) is 64.4 Å². The molecule has 0 spiro atoms. The van der Waals surface area contributed by atoms with Gasteiger partial charge in [0.15, 0.2) is 0 Å². The van der Waals surface area contributed by atoms with E-state index in [0.29, 0.717) is 19.2 Å². The molecule has 4 aromatic rings. The Bertz CT molecular complexity index is 1270. The molecule has 1 aliphatic rings. The van der Waals surface area contributed by atoms with Crippen LogP contribution in [-0.2, 0) is 19.7 Å². The lowest BCUT2D eigenvalue weighted by molar-refractivity contribution is 0.288. The highest BCUT2D eigenvalue weighted by Gasteiger charge is 2.25. The average Bonchev–Trinajstić information content (AvgIpc) is 3.18. The summed E-state index contributed by atoms with van der Waals surface area (Å²) in [4.78, 5) is 13.1. The summed E-state index contributed by atoms with van der Waals surface area (Å²) in [6, 6.07) is 27.6. The highest BCUT2D eigenvalue weighted by molar-refractivity contribution is 5.76. The summed E-state index contributed by atoms with van der Waals surface area (Å²) in [5.74, 6) is 0.893. The lowest BCUT2D eigenvalue weighted by Crippen LogP contribution is -2.36. The summed E-state index contributed by atoms with van der Waals surface area (Å²) < 4.78 is 9.84. The molecular weight excluding hydrogens is 422 g/mol. The predicted molar refractivity (Wildman–Crippen MR) is 137 cm³/mol. The molecule has 1 N–H and O–H groups in total. The summed E-state index contributed by atoms with van der Waals surface area (Å²) >= 11 is 0. The number of hydrogen-bond donors (Lipinski definition) is 1. The quantitative estimate of drug-likeness (QED) is 0.372. The summed E-state index contributed by atoms with van der Waals surface area (Å²) in [6.07, 6.45) is 4.23. The maximum absolute atomic E-state index is 13.1. The number of benzene rings is 3. The van der Waals surface area contributed by atoms with Crippen molar-refractivity contribution in [1.82, 2.24) is 14.5 Å². The molecule has 0 radical (unpaired) electrons. The molecule has 5 nitrogen and oxygen atoms in total. The van der Waals surface area contributed by atoms with E-state index in [-0.39, 0.29) is 11.7 Å². The van der Waals surface area contributed by atoms with Crippen LogP contribution in [-0.4, -0.2) is 15.2 Å². The van der Waals surface area contributed by atoms with Crippen molar-refractivity contribution in [3.63, 3.8) is 0 Å². The van der Waals surface area contributed by atoms with Gasteiger partial charge in [0.05, 0.1) is 11.0 Å². The van der Waals surface area contributed by atoms with Gasteiger partial charge in [-0.2, -0.15) is 0 Å². The highest BCUT2D eigenvalue weighted by Crippen LogP contribution is 2.30. The van der Waals surface area contributed by atoms with Crippen LogP contribution in [0.15, 0.2) is 83.7 Å². The Hall–Kier alpha value is -3.31. The molecule has 1 aromatic heterocycles. The van der Waals surface area contributed by atoms with Crippen molar-refractivity contribution in [2.24, 2.45) is 0 Å². The van der Waals surface area contributed by atoms with Gasteiger partial charge in [-0.15, -0.1) is 0 Å². The zero-order chi connectivity index (χ0) is 23.3. The molecule has 0 amide bonds. The van der Waals surface area contributed by atoms with E-state index >= 15 is 0 Å². The van der Waals surface area contributed by atoms with Crippen LogP contribution in [0.3, 0.4) is 0 Å². The van der Waals surface area contributed by atoms with E-state index in [1.165, 1.54) is 11.1 Å². The second-order valence-electron chi connectivity index (χ2n) is 9.19. The van der Waals surface area contributed by atoms with Crippen molar-refractivity contribution in [2.75, 3.05) is 0 Å². The fourth-order valence-electron chi connectivity index (χ4n) is 5.14. The van der Waals surface area contributed by atoms with Crippen LogP contribution in [0.25, 0.3) is 11.0 Å². The maximum Gasteiger partial charge on any atom is 0.329 e. The summed E-state index contributed by atoms with van der Waals surface area (Å²) in [5.41, 5.74) is 4.68. The lowest BCUT2D eigenvalue weighted by atomic mass is 9.90. The average molecular weight is 456 g/mol. The number of ether oxygens (including phenoxy) is 1.